The van der Waals surface area contributed by atoms with Crippen LogP contribution in [-0.2, 0) is 16.8 Å². The number of Topliss-reactive ketones (excluding diaryl/α,β-unsaturated/α-hetero) is 1. The van der Waals surface area contributed by atoms with Gasteiger partial charge in [0.1, 0.15) is 5.82 Å². The summed E-state index contributed by atoms with van der Waals surface area (Å²) in [6, 6.07) is 21.9. The lowest BCUT2D eigenvalue weighted by atomic mass is 9.88. The van der Waals surface area contributed by atoms with Crippen LogP contribution in [0.15, 0.2) is 78.9 Å². The van der Waals surface area contributed by atoms with Gasteiger partial charge in [0.05, 0.1) is 12.1 Å². The molecule has 1 amide bonds. The third kappa shape index (κ3) is 3.57. The number of anilines is 1. The third-order valence-electron chi connectivity index (χ3n) is 5.29. The van der Waals surface area contributed by atoms with Crippen molar-refractivity contribution in [2.24, 2.45) is 0 Å². The van der Waals surface area contributed by atoms with Crippen molar-refractivity contribution in [2.45, 2.75) is 18.4 Å². The standard InChI is InChI=1S/C24H20FNO3/c25-19-12-10-18(11-13-19)22(27)16-24(29)20-8-4-5-9-21(20)26(23(24)28)15-14-17-6-2-1-3-7-17/h1-13,29H,14-16H2/t24-/m0/s1. The van der Waals surface area contributed by atoms with E-state index in [1.165, 1.54) is 24.3 Å². The predicted octanol–water partition coefficient (Wildman–Crippen LogP) is 3.88. The van der Waals surface area contributed by atoms with Crippen molar-refractivity contribution < 1.29 is 19.1 Å². The Balaban J connectivity index is 1.60. The van der Waals surface area contributed by atoms with E-state index in [4.69, 9.17) is 0 Å². The Morgan fingerprint density at radius 2 is 1.59 bits per heavy atom. The highest BCUT2D eigenvalue weighted by Gasteiger charge is 2.50. The second-order valence-electron chi connectivity index (χ2n) is 7.18. The van der Waals surface area contributed by atoms with E-state index in [9.17, 15) is 19.1 Å². The summed E-state index contributed by atoms with van der Waals surface area (Å²) in [6.07, 6.45) is 0.235. The number of fused-ring (bicyclic) bond motifs is 1. The Bertz CT molecular complexity index is 1050. The largest absolute Gasteiger partial charge is 0.375 e. The first-order valence-corrected chi connectivity index (χ1v) is 9.45. The van der Waals surface area contributed by atoms with Crippen LogP contribution in [0.2, 0.25) is 0 Å². The molecule has 0 aliphatic carbocycles. The molecule has 0 radical (unpaired) electrons. The number of nitrogens with zero attached hydrogens (tertiary/aromatic N) is 1. The molecule has 0 unspecified atom stereocenters. The lowest BCUT2D eigenvalue weighted by Crippen LogP contribution is -2.42. The Labute approximate surface area is 168 Å². The molecule has 1 aliphatic heterocycles. The predicted molar refractivity (Wildman–Crippen MR) is 108 cm³/mol. The van der Waals surface area contributed by atoms with Crippen LogP contribution in [0.1, 0.15) is 27.9 Å². The summed E-state index contributed by atoms with van der Waals surface area (Å²) >= 11 is 0. The minimum absolute atomic E-state index is 0.257. The Morgan fingerprint density at radius 1 is 0.931 bits per heavy atom. The summed E-state index contributed by atoms with van der Waals surface area (Å²) in [5.41, 5.74) is 0.443. The number of amides is 1. The van der Waals surface area contributed by atoms with E-state index in [2.05, 4.69) is 0 Å². The first kappa shape index (κ1) is 19.0. The number of rotatable bonds is 6. The van der Waals surface area contributed by atoms with Crippen molar-refractivity contribution in [3.8, 4) is 0 Å². The van der Waals surface area contributed by atoms with Crippen molar-refractivity contribution in [3.63, 3.8) is 0 Å². The Kier molecular flexibility index (Phi) is 4.99. The molecule has 1 aliphatic rings. The van der Waals surface area contributed by atoms with E-state index in [0.717, 1.165) is 5.56 Å². The second-order valence-corrected chi connectivity index (χ2v) is 7.18. The van der Waals surface area contributed by atoms with Crippen LogP contribution in [0.4, 0.5) is 10.1 Å². The van der Waals surface area contributed by atoms with Crippen LogP contribution in [0.3, 0.4) is 0 Å². The summed E-state index contributed by atoms with van der Waals surface area (Å²) in [6.45, 7) is 0.396. The van der Waals surface area contributed by atoms with E-state index >= 15 is 0 Å². The van der Waals surface area contributed by atoms with Gasteiger partial charge in [0.25, 0.3) is 5.91 Å². The van der Waals surface area contributed by atoms with Gasteiger partial charge in [0.2, 0.25) is 0 Å². The molecule has 1 atom stereocenters. The zero-order valence-electron chi connectivity index (χ0n) is 15.7. The fraction of sp³-hybridized carbons (Fsp3) is 0.167. The molecule has 1 N–H and O–H groups in total. The van der Waals surface area contributed by atoms with E-state index in [0.29, 0.717) is 24.2 Å². The van der Waals surface area contributed by atoms with Gasteiger partial charge in [-0.3, -0.25) is 9.59 Å². The second kappa shape index (κ2) is 7.60. The quantitative estimate of drug-likeness (QED) is 0.651. The maximum Gasteiger partial charge on any atom is 0.264 e. The molecular weight excluding hydrogens is 369 g/mol. The molecule has 29 heavy (non-hydrogen) atoms. The van der Waals surface area contributed by atoms with Crippen LogP contribution < -0.4 is 4.90 Å². The Morgan fingerprint density at radius 3 is 2.31 bits per heavy atom. The van der Waals surface area contributed by atoms with Gasteiger partial charge in [-0.05, 0) is 42.3 Å². The molecule has 0 bridgehead atoms. The normalized spacial score (nSPS) is 18.0. The minimum atomic E-state index is -1.93. The summed E-state index contributed by atoms with van der Waals surface area (Å²) in [7, 11) is 0. The lowest BCUT2D eigenvalue weighted by Gasteiger charge is -2.23. The molecule has 0 aromatic heterocycles. The number of para-hydroxylation sites is 1. The summed E-state index contributed by atoms with van der Waals surface area (Å²) in [5.74, 6) is -1.37. The highest BCUT2D eigenvalue weighted by molar-refractivity contribution is 6.10. The van der Waals surface area contributed by atoms with Crippen molar-refractivity contribution >= 4 is 17.4 Å². The summed E-state index contributed by atoms with van der Waals surface area (Å²) < 4.78 is 13.1. The number of hydrogen-bond acceptors (Lipinski definition) is 3. The van der Waals surface area contributed by atoms with Crippen LogP contribution >= 0.6 is 0 Å². The molecule has 3 aromatic carbocycles. The van der Waals surface area contributed by atoms with E-state index in [-0.39, 0.29) is 5.56 Å². The fourth-order valence-electron chi connectivity index (χ4n) is 3.76. The average Bonchev–Trinajstić information content (AvgIpc) is 2.95. The smallest absolute Gasteiger partial charge is 0.264 e. The number of hydrogen-bond donors (Lipinski definition) is 1. The van der Waals surface area contributed by atoms with Crippen molar-refractivity contribution in [3.05, 3.63) is 101 Å². The zero-order chi connectivity index (χ0) is 20.4. The molecule has 1 heterocycles. The number of aliphatic hydroxyl groups is 1. The third-order valence-corrected chi connectivity index (χ3v) is 5.29. The summed E-state index contributed by atoms with van der Waals surface area (Å²) in [4.78, 5) is 27.4. The highest BCUT2D eigenvalue weighted by Crippen LogP contribution is 2.42. The zero-order valence-corrected chi connectivity index (χ0v) is 15.7. The fourth-order valence-corrected chi connectivity index (χ4v) is 3.76. The number of benzene rings is 3. The maximum absolute atomic E-state index is 13.2. The van der Waals surface area contributed by atoms with Gasteiger partial charge in [-0.1, -0.05) is 48.5 Å². The van der Waals surface area contributed by atoms with Crippen LogP contribution in [0.5, 0.6) is 0 Å². The molecule has 0 spiro atoms. The first-order chi connectivity index (χ1) is 14.0. The van der Waals surface area contributed by atoms with E-state index < -0.39 is 29.5 Å². The van der Waals surface area contributed by atoms with Crippen LogP contribution in [0.25, 0.3) is 0 Å². The van der Waals surface area contributed by atoms with E-state index in [1.807, 2.05) is 30.3 Å². The molecule has 5 heteroatoms. The highest BCUT2D eigenvalue weighted by atomic mass is 19.1. The molecule has 0 fully saturated rings. The van der Waals surface area contributed by atoms with Crippen molar-refractivity contribution in [2.75, 3.05) is 11.4 Å². The number of carbonyl (C=O) groups is 2. The Hall–Kier alpha value is -3.31. The number of carbonyl (C=O) groups excluding carboxylic acids is 2. The average molecular weight is 389 g/mol. The number of ketones is 1. The minimum Gasteiger partial charge on any atom is -0.375 e. The van der Waals surface area contributed by atoms with Gasteiger partial charge in [-0.15, -0.1) is 0 Å². The van der Waals surface area contributed by atoms with E-state index in [1.54, 1.807) is 29.2 Å². The molecule has 0 saturated heterocycles. The van der Waals surface area contributed by atoms with Gasteiger partial charge >= 0.3 is 0 Å². The topological polar surface area (TPSA) is 57.6 Å². The van der Waals surface area contributed by atoms with Gasteiger partial charge in [-0.25, -0.2) is 4.39 Å². The molecule has 4 nitrogen and oxygen atoms in total. The van der Waals surface area contributed by atoms with Gasteiger partial charge in [-0.2, -0.15) is 0 Å². The monoisotopic (exact) mass is 389 g/mol. The summed E-state index contributed by atoms with van der Waals surface area (Å²) in [5, 5.41) is 11.3. The SMILES string of the molecule is O=C(C[C@@]1(O)C(=O)N(CCc2ccccc2)c2ccccc21)c1ccc(F)cc1. The van der Waals surface area contributed by atoms with Crippen LogP contribution in [-0.4, -0.2) is 23.3 Å². The molecular formula is C24H20FNO3. The first-order valence-electron chi connectivity index (χ1n) is 9.45. The maximum atomic E-state index is 13.2. The van der Waals surface area contributed by atoms with Crippen LogP contribution in [0, 0.1) is 5.82 Å². The molecule has 4 rings (SSSR count). The molecule has 3 aromatic rings. The lowest BCUT2D eigenvalue weighted by molar-refractivity contribution is -0.135. The number of halogens is 1. The van der Waals surface area contributed by atoms with Gasteiger partial charge in [0, 0.05) is 17.7 Å². The van der Waals surface area contributed by atoms with Crippen molar-refractivity contribution in [1.29, 1.82) is 0 Å². The van der Waals surface area contributed by atoms with Crippen molar-refractivity contribution in [1.82, 2.24) is 0 Å². The van der Waals surface area contributed by atoms with Gasteiger partial charge < -0.3 is 10.0 Å². The molecule has 0 saturated carbocycles. The molecule has 146 valence electrons. The van der Waals surface area contributed by atoms with Gasteiger partial charge in [0.15, 0.2) is 11.4 Å².